The molecule has 0 saturated heterocycles. The molecule has 85 heavy (non-hydrogen) atoms. The molecular formula is C65H71N13O7. The van der Waals surface area contributed by atoms with Gasteiger partial charge in [-0.05, 0) is 81.6 Å². The maximum absolute atomic E-state index is 16.4. The summed E-state index contributed by atoms with van der Waals surface area (Å²) in [6.07, 6.45) is 2.51. The summed E-state index contributed by atoms with van der Waals surface area (Å²) in [6, 6.07) is 18.9. The van der Waals surface area contributed by atoms with E-state index in [9.17, 15) is 30.6 Å². The van der Waals surface area contributed by atoms with E-state index in [2.05, 4.69) is 75.3 Å². The number of hydrogen-bond donors (Lipinski definition) is 7. The van der Waals surface area contributed by atoms with E-state index in [0.717, 1.165) is 90.1 Å². The predicted octanol–water partition coefficient (Wildman–Crippen LogP) is 7.61. The van der Waals surface area contributed by atoms with Gasteiger partial charge < -0.3 is 89.9 Å². The van der Waals surface area contributed by atoms with E-state index in [1.165, 1.54) is 0 Å². The number of para-hydroxylation sites is 1. The third kappa shape index (κ3) is 6.57. The Balaban J connectivity index is 0.917. The van der Waals surface area contributed by atoms with E-state index in [1.54, 1.807) is 12.1 Å². The van der Waals surface area contributed by atoms with Gasteiger partial charge in [0.1, 0.15) is 39.9 Å². The number of amides is 1. The van der Waals surface area contributed by atoms with Gasteiger partial charge in [-0.1, -0.05) is 18.2 Å². The fourth-order valence-corrected chi connectivity index (χ4v) is 16.7. The molecule has 0 aromatic heterocycles. The largest absolute Gasteiger partial charge is 0.508 e. The molecule has 6 aromatic carbocycles. The molecule has 8 bridgehead atoms. The van der Waals surface area contributed by atoms with Gasteiger partial charge in [-0.2, -0.15) is 0 Å². The number of nitrogens with zero attached hydrogens (tertiary/aromatic N) is 12. The van der Waals surface area contributed by atoms with Crippen LogP contribution in [0.15, 0.2) is 83.8 Å². The summed E-state index contributed by atoms with van der Waals surface area (Å²) < 4.78 is 0. The fraction of sp³-hybridized carbons (Fsp3) is 0.369. The van der Waals surface area contributed by atoms with E-state index in [4.69, 9.17) is 0 Å². The van der Waals surface area contributed by atoms with Crippen molar-refractivity contribution in [3.05, 3.63) is 139 Å². The smallest absolute Gasteiger partial charge is 0.244 e. The third-order valence-corrected chi connectivity index (χ3v) is 20.6. The van der Waals surface area contributed by atoms with Crippen LogP contribution in [0.3, 0.4) is 0 Å². The number of fused-ring (bicyclic) bond motifs is 26. The molecule has 0 radical (unpaired) electrons. The highest BCUT2D eigenvalue weighted by molar-refractivity contribution is 6.14. The SMILES string of the molecule is CN(C)c1ccc(O)c2c1CN1CN2Cc2c1c(O)c(C1(c3cc(N(C)C)c4c(c3O)N3Cc5c(O)cc6c(c5N(C4)C3)N3Cc4c(N(C)C)ccc(O)c4N(C6)C3)C(=O)Nc3ccccc31)c1c2N2CC3=C(C(O)=CCC3(C)N(C)C)N(C1)C2. The van der Waals surface area contributed by atoms with Gasteiger partial charge in [0.2, 0.25) is 5.91 Å². The first kappa shape index (κ1) is 51.5. The molecule has 0 spiro atoms. The van der Waals surface area contributed by atoms with Gasteiger partial charge in [-0.3, -0.25) is 9.69 Å². The lowest BCUT2D eigenvalue weighted by Gasteiger charge is -2.55. The Bertz CT molecular complexity index is 4100. The molecule has 20 nitrogen and oxygen atoms in total. The molecule has 1 aliphatic carbocycles. The number of nitrogens with one attached hydrogen (secondary N) is 1. The van der Waals surface area contributed by atoms with Crippen molar-refractivity contribution >= 4 is 68.5 Å². The molecule has 10 aliphatic rings. The standard InChI is InChI=1S/C65H71N13O7/c1-64(70(8)9)19-18-50(81)60-43(64)29-78-33-77(60)27-39-52(62(84)59-40(54(39)78)28-73-31-75(59)24-36-46(68(4)5)15-17-49(80)56(36)73)65(41-12-10-11-13-44(41)66-63(65)85)42-21-47(69(6)7)37-25-74-32-76(58(37)61(42)83)26-38-51(82)20-34-22-71-30-72(53(34)57(38)74)23-35-45(67(2)3)14-16-48(79)55(35)71/h10-18,20-21,79-84H,19,22-33H2,1-9H3,(H,66,85). The van der Waals surface area contributed by atoms with Crippen molar-refractivity contribution in [3.63, 3.8) is 0 Å². The first-order chi connectivity index (χ1) is 40.7. The van der Waals surface area contributed by atoms with Crippen LogP contribution >= 0.6 is 0 Å². The Hall–Kier alpha value is -9.17. The topological polar surface area (TPSA) is 189 Å². The lowest BCUT2D eigenvalue weighted by Crippen LogP contribution is -2.57. The molecule has 9 heterocycles. The Kier molecular flexibility index (Phi) is 10.4. The number of aliphatic hydroxyl groups is 1. The van der Waals surface area contributed by atoms with Gasteiger partial charge >= 0.3 is 0 Å². The number of phenolic OH excluding ortho intramolecular Hbond substituents is 5. The second-order valence-electron chi connectivity index (χ2n) is 26.0. The van der Waals surface area contributed by atoms with Gasteiger partial charge in [0, 0.05) is 172 Å². The van der Waals surface area contributed by atoms with Gasteiger partial charge in [0.05, 0.1) is 78.7 Å². The van der Waals surface area contributed by atoms with Crippen LogP contribution in [-0.2, 0) is 56.0 Å². The molecule has 6 aromatic rings. The van der Waals surface area contributed by atoms with Crippen LogP contribution in [0.1, 0.15) is 69.0 Å². The maximum atomic E-state index is 16.4. The van der Waals surface area contributed by atoms with E-state index in [0.29, 0.717) is 112 Å². The number of benzene rings is 6. The molecule has 0 saturated carbocycles. The molecule has 7 N–H and O–H groups in total. The average Bonchev–Trinajstić information content (AvgIpc) is 1.68. The van der Waals surface area contributed by atoms with Crippen molar-refractivity contribution in [1.82, 2.24) is 9.80 Å². The summed E-state index contributed by atoms with van der Waals surface area (Å²) >= 11 is 0. The minimum Gasteiger partial charge on any atom is -0.508 e. The van der Waals surface area contributed by atoms with Gasteiger partial charge in [-0.15, -0.1) is 0 Å². The summed E-state index contributed by atoms with van der Waals surface area (Å²) in [5.41, 5.74) is 15.6. The molecule has 16 rings (SSSR count). The first-order valence-corrected chi connectivity index (χ1v) is 29.3. The van der Waals surface area contributed by atoms with Crippen LogP contribution in [0.5, 0.6) is 28.7 Å². The quantitative estimate of drug-likeness (QED) is 0.0863. The first-order valence-electron chi connectivity index (χ1n) is 29.3. The number of aromatic hydroxyl groups is 5. The zero-order valence-corrected chi connectivity index (χ0v) is 49.5. The van der Waals surface area contributed by atoms with Crippen molar-refractivity contribution in [2.24, 2.45) is 0 Å². The van der Waals surface area contributed by atoms with Gasteiger partial charge in [-0.25, -0.2) is 0 Å². The van der Waals surface area contributed by atoms with Crippen molar-refractivity contribution in [3.8, 4) is 28.7 Å². The summed E-state index contributed by atoms with van der Waals surface area (Å²) in [5.74, 6) is 0.152. The Morgan fingerprint density at radius 1 is 0.471 bits per heavy atom. The number of phenols is 5. The van der Waals surface area contributed by atoms with Crippen molar-refractivity contribution in [2.75, 3.05) is 144 Å². The molecular weight excluding hydrogens is 1070 g/mol. The lowest BCUT2D eigenvalue weighted by molar-refractivity contribution is -0.118. The summed E-state index contributed by atoms with van der Waals surface area (Å²) in [7, 11) is 16.1. The molecule has 2 unspecified atom stereocenters. The van der Waals surface area contributed by atoms with Crippen LogP contribution in [0.2, 0.25) is 0 Å². The number of rotatable bonds is 6. The normalized spacial score (nSPS) is 21.5. The average molecular weight is 1150 g/mol. The summed E-state index contributed by atoms with van der Waals surface area (Å²) in [5, 5.41) is 78.6. The fourth-order valence-electron chi connectivity index (χ4n) is 16.7. The highest BCUT2D eigenvalue weighted by Gasteiger charge is 2.58. The molecule has 2 atom stereocenters. The zero-order chi connectivity index (χ0) is 58.9. The van der Waals surface area contributed by atoms with E-state index >= 15 is 4.79 Å². The Labute approximate surface area is 493 Å². The predicted molar refractivity (Wildman–Crippen MR) is 332 cm³/mol. The lowest BCUT2D eigenvalue weighted by atomic mass is 9.66. The van der Waals surface area contributed by atoms with Crippen molar-refractivity contribution in [1.29, 1.82) is 0 Å². The maximum Gasteiger partial charge on any atom is 0.244 e. The number of anilines is 11. The Morgan fingerprint density at radius 3 is 1.62 bits per heavy atom. The van der Waals surface area contributed by atoms with Crippen molar-refractivity contribution < 1.29 is 35.4 Å². The van der Waals surface area contributed by atoms with E-state index in [1.807, 2.05) is 107 Å². The number of carbonyl (C=O) groups is 1. The summed E-state index contributed by atoms with van der Waals surface area (Å²) in [4.78, 5) is 42.6. The molecule has 20 heteroatoms. The highest BCUT2D eigenvalue weighted by atomic mass is 16.3. The van der Waals surface area contributed by atoms with E-state index in [-0.39, 0.29) is 47.6 Å². The van der Waals surface area contributed by atoms with Crippen LogP contribution in [0.4, 0.5) is 62.6 Å². The minimum atomic E-state index is -1.88. The minimum absolute atomic E-state index is 0.0727. The highest BCUT2D eigenvalue weighted by Crippen LogP contribution is 2.64. The molecule has 438 valence electrons. The molecule has 0 fully saturated rings. The van der Waals surface area contributed by atoms with Gasteiger partial charge in [0.25, 0.3) is 0 Å². The number of hydrogen-bond acceptors (Lipinski definition) is 19. The van der Waals surface area contributed by atoms with Crippen LogP contribution in [0.25, 0.3) is 0 Å². The number of likely N-dealkylation sites (N-methyl/N-ethyl adjacent to an activating group) is 1. The summed E-state index contributed by atoms with van der Waals surface area (Å²) in [6.45, 7) is 6.92. The number of carbonyl (C=O) groups excluding carboxylic acids is 1. The van der Waals surface area contributed by atoms with Crippen LogP contribution in [0, 0.1) is 0 Å². The molecule has 9 aliphatic heterocycles. The third-order valence-electron chi connectivity index (χ3n) is 20.6. The van der Waals surface area contributed by atoms with Crippen LogP contribution < -0.4 is 54.3 Å². The number of aliphatic hydroxyl groups excluding tert-OH is 1. The van der Waals surface area contributed by atoms with E-state index < -0.39 is 16.9 Å². The van der Waals surface area contributed by atoms with Gasteiger partial charge in [0.15, 0.2) is 0 Å². The zero-order valence-electron chi connectivity index (χ0n) is 49.5. The van der Waals surface area contributed by atoms with Crippen molar-refractivity contribution in [2.45, 2.75) is 70.1 Å². The van der Waals surface area contributed by atoms with Crippen LogP contribution in [-0.4, -0.2) is 141 Å². The molecule has 1 amide bonds. The Morgan fingerprint density at radius 2 is 0.988 bits per heavy atom. The second-order valence-corrected chi connectivity index (χ2v) is 26.0. The second kappa shape index (κ2) is 17.2. The monoisotopic (exact) mass is 1150 g/mol.